The number of para-hydroxylation sites is 1. The second-order valence-corrected chi connectivity index (χ2v) is 4.14. The van der Waals surface area contributed by atoms with E-state index in [-0.39, 0.29) is 0 Å². The van der Waals surface area contributed by atoms with Crippen molar-refractivity contribution in [3.8, 4) is 22.6 Å². The lowest BCUT2D eigenvalue weighted by Gasteiger charge is -2.09. The molecular weight excluding hydrogens is 248 g/mol. The summed E-state index contributed by atoms with van der Waals surface area (Å²) in [6.07, 6.45) is 0. The van der Waals surface area contributed by atoms with Crippen LogP contribution >= 0.6 is 11.6 Å². The maximum absolute atomic E-state index is 5.58. The Morgan fingerprint density at radius 2 is 1.72 bits per heavy atom. The molecule has 2 rings (SSSR count). The maximum Gasteiger partial charge on any atom is 0.126 e. The Morgan fingerprint density at radius 1 is 1.00 bits per heavy atom. The summed E-state index contributed by atoms with van der Waals surface area (Å²) in [6.45, 7) is 0.523. The van der Waals surface area contributed by atoms with Gasteiger partial charge in [0, 0.05) is 5.56 Å². The van der Waals surface area contributed by atoms with Crippen LogP contribution in [0, 0.1) is 0 Å². The van der Waals surface area contributed by atoms with Gasteiger partial charge in [-0.25, -0.2) is 0 Å². The first kappa shape index (κ1) is 12.8. The predicted molar refractivity (Wildman–Crippen MR) is 74.6 cm³/mol. The smallest absolute Gasteiger partial charge is 0.126 e. The van der Waals surface area contributed by atoms with Gasteiger partial charge in [0.25, 0.3) is 0 Å². The summed E-state index contributed by atoms with van der Waals surface area (Å²) in [4.78, 5) is 0. The van der Waals surface area contributed by atoms with Gasteiger partial charge in [0.2, 0.25) is 0 Å². The molecule has 0 atom stereocenters. The van der Waals surface area contributed by atoms with Crippen molar-refractivity contribution in [3.63, 3.8) is 0 Å². The normalized spacial score (nSPS) is 10.1. The van der Waals surface area contributed by atoms with Gasteiger partial charge in [0.1, 0.15) is 18.1 Å². The molecule has 2 aromatic rings. The predicted octanol–water partition coefficient (Wildman–Crippen LogP) is 3.98. The number of hydrogen-bond acceptors (Lipinski definition) is 2. The van der Waals surface area contributed by atoms with Crippen molar-refractivity contribution >= 4 is 11.6 Å². The topological polar surface area (TPSA) is 18.5 Å². The molecule has 0 saturated carbocycles. The van der Waals surface area contributed by atoms with Crippen molar-refractivity contribution in [1.82, 2.24) is 0 Å². The molecule has 3 heteroatoms. The Labute approximate surface area is 112 Å². The van der Waals surface area contributed by atoms with Gasteiger partial charge in [-0.2, -0.15) is 0 Å². The zero-order chi connectivity index (χ0) is 12.8. The highest BCUT2D eigenvalue weighted by Gasteiger charge is 2.04. The zero-order valence-corrected chi connectivity index (χ0v) is 11.0. The molecule has 2 nitrogen and oxygen atoms in total. The first-order chi connectivity index (χ1) is 8.85. The molecule has 0 N–H and O–H groups in total. The fourth-order valence-electron chi connectivity index (χ4n) is 1.77. The number of ether oxygens (including phenoxy) is 2. The molecule has 0 aliphatic heterocycles. The molecule has 0 bridgehead atoms. The summed E-state index contributed by atoms with van der Waals surface area (Å²) < 4.78 is 10.8. The van der Waals surface area contributed by atoms with Crippen LogP contribution in [0.15, 0.2) is 48.5 Å². The van der Waals surface area contributed by atoms with E-state index >= 15 is 0 Å². The molecule has 0 radical (unpaired) electrons. The van der Waals surface area contributed by atoms with Crippen molar-refractivity contribution in [2.75, 3.05) is 19.6 Å². The highest BCUT2D eigenvalue weighted by atomic mass is 35.5. The van der Waals surface area contributed by atoms with E-state index in [9.17, 15) is 0 Å². The number of benzene rings is 2. The Balaban J connectivity index is 2.23. The van der Waals surface area contributed by atoms with Crippen molar-refractivity contribution in [1.29, 1.82) is 0 Å². The van der Waals surface area contributed by atoms with Crippen LogP contribution in [-0.2, 0) is 0 Å². The molecule has 0 spiro atoms. The van der Waals surface area contributed by atoms with E-state index in [4.69, 9.17) is 21.1 Å². The minimum atomic E-state index is 0.494. The molecule has 0 heterocycles. The van der Waals surface area contributed by atoms with Crippen LogP contribution in [-0.4, -0.2) is 19.6 Å². The van der Waals surface area contributed by atoms with Crippen LogP contribution in [0.3, 0.4) is 0 Å². The van der Waals surface area contributed by atoms with E-state index in [2.05, 4.69) is 0 Å². The average molecular weight is 263 g/mol. The summed E-state index contributed by atoms with van der Waals surface area (Å²) in [6, 6.07) is 15.8. The second kappa shape index (κ2) is 6.31. The lowest BCUT2D eigenvalue weighted by molar-refractivity contribution is 0.343. The molecule has 0 saturated heterocycles. The van der Waals surface area contributed by atoms with Gasteiger partial charge in [0.05, 0.1) is 13.0 Å². The summed E-state index contributed by atoms with van der Waals surface area (Å²) >= 11 is 5.58. The van der Waals surface area contributed by atoms with Gasteiger partial charge in [-0.05, 0) is 23.8 Å². The van der Waals surface area contributed by atoms with Crippen LogP contribution in [0.1, 0.15) is 0 Å². The molecule has 94 valence electrons. The lowest BCUT2D eigenvalue weighted by Crippen LogP contribution is -1.97. The lowest BCUT2D eigenvalue weighted by atomic mass is 10.0. The number of halogens is 1. The van der Waals surface area contributed by atoms with E-state index < -0.39 is 0 Å². The van der Waals surface area contributed by atoms with Crippen LogP contribution < -0.4 is 9.47 Å². The van der Waals surface area contributed by atoms with Crippen LogP contribution in [0.25, 0.3) is 11.1 Å². The number of methoxy groups -OCH3 is 1. The zero-order valence-electron chi connectivity index (χ0n) is 10.2. The largest absolute Gasteiger partial charge is 0.496 e. The average Bonchev–Trinajstić information content (AvgIpc) is 2.45. The van der Waals surface area contributed by atoms with Gasteiger partial charge in [-0.15, -0.1) is 11.6 Å². The van der Waals surface area contributed by atoms with Gasteiger partial charge in [0.15, 0.2) is 0 Å². The third-order valence-electron chi connectivity index (χ3n) is 2.62. The SMILES string of the molecule is COc1ccccc1-c1ccc(OCCCl)cc1. The van der Waals surface area contributed by atoms with E-state index in [1.54, 1.807) is 7.11 Å². The molecule has 0 aliphatic carbocycles. The van der Waals surface area contributed by atoms with Crippen molar-refractivity contribution in [2.24, 2.45) is 0 Å². The molecule has 0 aliphatic rings. The highest BCUT2D eigenvalue weighted by Crippen LogP contribution is 2.30. The van der Waals surface area contributed by atoms with Crippen molar-refractivity contribution in [3.05, 3.63) is 48.5 Å². The first-order valence-electron chi connectivity index (χ1n) is 5.77. The molecule has 2 aromatic carbocycles. The van der Waals surface area contributed by atoms with Crippen LogP contribution in [0.5, 0.6) is 11.5 Å². The molecular formula is C15H15ClO2. The molecule has 0 fully saturated rings. The van der Waals surface area contributed by atoms with Gasteiger partial charge < -0.3 is 9.47 Å². The summed E-state index contributed by atoms with van der Waals surface area (Å²) in [5, 5.41) is 0. The van der Waals surface area contributed by atoms with E-state index in [1.807, 2.05) is 48.5 Å². The minimum Gasteiger partial charge on any atom is -0.496 e. The van der Waals surface area contributed by atoms with Gasteiger partial charge in [-0.1, -0.05) is 30.3 Å². The third kappa shape index (κ3) is 2.96. The number of alkyl halides is 1. The van der Waals surface area contributed by atoms with Crippen LogP contribution in [0.2, 0.25) is 0 Å². The quantitative estimate of drug-likeness (QED) is 0.759. The minimum absolute atomic E-state index is 0.494. The fraction of sp³-hybridized carbons (Fsp3) is 0.200. The standard InChI is InChI=1S/C15H15ClO2/c1-17-15-5-3-2-4-14(15)12-6-8-13(9-7-12)18-11-10-16/h2-9H,10-11H2,1H3. The molecule has 0 aromatic heterocycles. The third-order valence-corrected chi connectivity index (χ3v) is 2.77. The Morgan fingerprint density at radius 3 is 2.39 bits per heavy atom. The first-order valence-corrected chi connectivity index (χ1v) is 6.31. The summed E-state index contributed by atoms with van der Waals surface area (Å²) in [5.41, 5.74) is 2.18. The highest BCUT2D eigenvalue weighted by molar-refractivity contribution is 6.18. The Hall–Kier alpha value is -1.67. The van der Waals surface area contributed by atoms with E-state index in [0.717, 1.165) is 22.6 Å². The molecule has 0 unspecified atom stereocenters. The monoisotopic (exact) mass is 262 g/mol. The van der Waals surface area contributed by atoms with E-state index in [1.165, 1.54) is 0 Å². The summed E-state index contributed by atoms with van der Waals surface area (Å²) in [5.74, 6) is 2.19. The summed E-state index contributed by atoms with van der Waals surface area (Å²) in [7, 11) is 1.68. The Bertz CT molecular complexity index is 494. The Kier molecular flexibility index (Phi) is 4.48. The number of rotatable bonds is 5. The second-order valence-electron chi connectivity index (χ2n) is 3.76. The number of hydrogen-bond donors (Lipinski definition) is 0. The van der Waals surface area contributed by atoms with Gasteiger partial charge >= 0.3 is 0 Å². The van der Waals surface area contributed by atoms with Crippen molar-refractivity contribution < 1.29 is 9.47 Å². The van der Waals surface area contributed by atoms with E-state index in [0.29, 0.717) is 12.5 Å². The molecule has 0 amide bonds. The maximum atomic E-state index is 5.58. The van der Waals surface area contributed by atoms with Crippen LogP contribution in [0.4, 0.5) is 0 Å². The van der Waals surface area contributed by atoms with Gasteiger partial charge in [-0.3, -0.25) is 0 Å². The fourth-order valence-corrected chi connectivity index (χ4v) is 1.85. The molecule has 18 heavy (non-hydrogen) atoms. The van der Waals surface area contributed by atoms with Crippen molar-refractivity contribution in [2.45, 2.75) is 0 Å².